The van der Waals surface area contributed by atoms with Gasteiger partial charge in [0.1, 0.15) is 30.2 Å². The molecule has 17 nitrogen and oxygen atoms in total. The van der Waals surface area contributed by atoms with Gasteiger partial charge in [-0.05, 0) is 110 Å². The van der Waals surface area contributed by atoms with Gasteiger partial charge in [-0.2, -0.15) is 0 Å². The van der Waals surface area contributed by atoms with Gasteiger partial charge in [0.2, 0.25) is 29.5 Å². The molecule has 5 amide bonds. The van der Waals surface area contributed by atoms with Crippen LogP contribution in [0.2, 0.25) is 0 Å². The minimum atomic E-state index is -1.20. The van der Waals surface area contributed by atoms with Crippen molar-refractivity contribution in [2.45, 2.75) is 134 Å². The summed E-state index contributed by atoms with van der Waals surface area (Å²) in [5.74, 6) is -4.70. The van der Waals surface area contributed by atoms with Crippen molar-refractivity contribution in [2.75, 3.05) is 26.2 Å². The molecule has 49 heavy (non-hydrogen) atoms. The molecule has 0 aliphatic rings. The topological polar surface area (TPSA) is 313 Å². The second-order valence-corrected chi connectivity index (χ2v) is 12.7. The molecule has 0 aliphatic carbocycles. The maximum Gasteiger partial charge on any atom is 0.326 e. The third-order valence-corrected chi connectivity index (χ3v) is 8.03. The fourth-order valence-electron chi connectivity index (χ4n) is 4.92. The van der Waals surface area contributed by atoms with Crippen LogP contribution in [0.5, 0.6) is 0 Å². The molecule has 16 N–H and O–H groups in total. The van der Waals surface area contributed by atoms with Crippen LogP contribution in [0.1, 0.15) is 97.8 Å². The number of carbonyl (C=O) groups is 6. The van der Waals surface area contributed by atoms with Gasteiger partial charge >= 0.3 is 5.97 Å². The van der Waals surface area contributed by atoms with Gasteiger partial charge in [0.15, 0.2) is 0 Å². The van der Waals surface area contributed by atoms with E-state index in [2.05, 4.69) is 26.6 Å². The van der Waals surface area contributed by atoms with Crippen molar-refractivity contribution in [3.8, 4) is 0 Å². The molecule has 6 atom stereocenters. The third kappa shape index (κ3) is 19.4. The molecular formula is C32H64N10O7. The fourth-order valence-corrected chi connectivity index (χ4v) is 4.92. The van der Waals surface area contributed by atoms with Crippen molar-refractivity contribution in [3.63, 3.8) is 0 Å². The Balaban J connectivity index is 5.78. The standard InChI is InChI=1S/C32H64N10O7/c1-20(2)26(31(47)40-23(13-5-9-17-34)29(45)41-25(32(48)49)15-7-11-19-36)42-30(46)24(14-6-10-18-35)39-27(43)21(3)38-28(44)22(37)12-4-8-16-33/h20-26H,4-19,33-37H2,1-3H3,(H,38,44)(H,39,43)(H,40,47)(H,41,45)(H,42,46)(H,48,49)/t21-,22-,23-,24-,25-,26-/m0/s1. The summed E-state index contributed by atoms with van der Waals surface area (Å²) in [6.45, 7) is 6.50. The van der Waals surface area contributed by atoms with E-state index >= 15 is 0 Å². The molecule has 0 fully saturated rings. The molecule has 0 aromatic carbocycles. The molecule has 0 saturated heterocycles. The van der Waals surface area contributed by atoms with Gasteiger partial charge in [-0.15, -0.1) is 0 Å². The molecule has 0 spiro atoms. The Hall–Kier alpha value is -3.38. The normalized spacial score (nSPS) is 14.9. The number of rotatable bonds is 28. The SMILES string of the molecule is CC(C)[C@H](NC(=O)[C@H](CCCCN)NC(=O)[C@H](C)NC(=O)[C@@H](N)CCCCN)C(=O)N[C@@H](CCCCN)C(=O)N[C@@H](CCCCN)C(=O)O. The van der Waals surface area contributed by atoms with Crippen molar-refractivity contribution in [2.24, 2.45) is 34.6 Å². The predicted octanol–water partition coefficient (Wildman–Crippen LogP) is -1.99. The van der Waals surface area contributed by atoms with Crippen LogP contribution >= 0.6 is 0 Å². The molecule has 0 unspecified atom stereocenters. The molecule has 0 aromatic rings. The van der Waals surface area contributed by atoms with E-state index in [1.807, 2.05) is 0 Å². The number of nitrogens with two attached hydrogens (primary N) is 5. The molecule has 17 heteroatoms. The summed E-state index contributed by atoms with van der Waals surface area (Å²) in [6, 6.07) is -6.22. The first-order valence-electron chi connectivity index (χ1n) is 17.5. The minimum absolute atomic E-state index is 0.174. The van der Waals surface area contributed by atoms with Gasteiger partial charge < -0.3 is 60.4 Å². The van der Waals surface area contributed by atoms with E-state index in [1.54, 1.807) is 13.8 Å². The van der Waals surface area contributed by atoms with E-state index in [0.29, 0.717) is 77.5 Å². The first-order valence-corrected chi connectivity index (χ1v) is 17.5. The highest BCUT2D eigenvalue weighted by atomic mass is 16.4. The summed E-state index contributed by atoms with van der Waals surface area (Å²) in [4.78, 5) is 77.7. The molecule has 0 bridgehead atoms. The van der Waals surface area contributed by atoms with Gasteiger partial charge in [0.25, 0.3) is 0 Å². The molecule has 284 valence electrons. The van der Waals surface area contributed by atoms with Crippen LogP contribution in [0.25, 0.3) is 0 Å². The van der Waals surface area contributed by atoms with Crippen LogP contribution < -0.4 is 55.3 Å². The van der Waals surface area contributed by atoms with Crippen LogP contribution in [0.3, 0.4) is 0 Å². The monoisotopic (exact) mass is 700 g/mol. The Kier molecular flexibility index (Phi) is 24.7. The summed E-state index contributed by atoms with van der Waals surface area (Å²) in [6.07, 6.45) is 5.61. The molecule has 0 aliphatic heterocycles. The van der Waals surface area contributed by atoms with E-state index in [-0.39, 0.29) is 19.3 Å². The number of unbranched alkanes of at least 4 members (excludes halogenated alkanes) is 4. The number of hydrogen-bond acceptors (Lipinski definition) is 11. The second kappa shape index (κ2) is 26.5. The zero-order chi connectivity index (χ0) is 37.4. The number of carbonyl (C=O) groups excluding carboxylic acids is 5. The average Bonchev–Trinajstić information content (AvgIpc) is 3.05. The summed E-state index contributed by atoms with van der Waals surface area (Å²) < 4.78 is 0. The first kappa shape index (κ1) is 45.6. The maximum absolute atomic E-state index is 13.6. The minimum Gasteiger partial charge on any atom is -0.480 e. The summed E-state index contributed by atoms with van der Waals surface area (Å²) in [5, 5.41) is 22.8. The Morgan fingerprint density at radius 2 is 0.878 bits per heavy atom. The highest BCUT2D eigenvalue weighted by Crippen LogP contribution is 2.10. The van der Waals surface area contributed by atoms with Gasteiger partial charge in [0, 0.05) is 0 Å². The molecule has 0 heterocycles. The summed E-state index contributed by atoms with van der Waals surface area (Å²) in [5.41, 5.74) is 28.2. The molecule has 0 aromatic heterocycles. The van der Waals surface area contributed by atoms with Crippen LogP contribution in [0, 0.1) is 5.92 Å². The summed E-state index contributed by atoms with van der Waals surface area (Å²) >= 11 is 0. The molecule has 0 saturated carbocycles. The molecule has 0 rings (SSSR count). The van der Waals surface area contributed by atoms with Crippen molar-refractivity contribution in [1.82, 2.24) is 26.6 Å². The van der Waals surface area contributed by atoms with Crippen molar-refractivity contribution < 1.29 is 33.9 Å². The van der Waals surface area contributed by atoms with Crippen LogP contribution in [0.15, 0.2) is 0 Å². The quantitative estimate of drug-likeness (QED) is 0.0396. The van der Waals surface area contributed by atoms with Crippen LogP contribution in [-0.2, 0) is 28.8 Å². The lowest BCUT2D eigenvalue weighted by atomic mass is 10.00. The van der Waals surface area contributed by atoms with Crippen LogP contribution in [-0.4, -0.2) is 103 Å². The van der Waals surface area contributed by atoms with Crippen molar-refractivity contribution in [1.29, 1.82) is 0 Å². The molecule has 0 radical (unpaired) electrons. The van der Waals surface area contributed by atoms with Crippen LogP contribution in [0.4, 0.5) is 0 Å². The predicted molar refractivity (Wildman–Crippen MR) is 187 cm³/mol. The van der Waals surface area contributed by atoms with Gasteiger partial charge in [0.05, 0.1) is 6.04 Å². The maximum atomic E-state index is 13.6. The Bertz CT molecular complexity index is 1020. The highest BCUT2D eigenvalue weighted by Gasteiger charge is 2.33. The lowest BCUT2D eigenvalue weighted by Gasteiger charge is -2.28. The van der Waals surface area contributed by atoms with E-state index in [1.165, 1.54) is 6.92 Å². The number of aliphatic carboxylic acids is 1. The zero-order valence-electron chi connectivity index (χ0n) is 29.6. The Morgan fingerprint density at radius 1 is 0.490 bits per heavy atom. The second-order valence-electron chi connectivity index (χ2n) is 12.7. The number of nitrogens with one attached hydrogen (secondary N) is 5. The van der Waals surface area contributed by atoms with E-state index in [9.17, 15) is 33.9 Å². The first-order chi connectivity index (χ1) is 23.2. The number of carboxylic acid groups (broad SMARTS) is 1. The lowest BCUT2D eigenvalue weighted by molar-refractivity contribution is -0.142. The average molecular weight is 701 g/mol. The third-order valence-electron chi connectivity index (χ3n) is 8.03. The van der Waals surface area contributed by atoms with Gasteiger partial charge in [-0.1, -0.05) is 20.3 Å². The fraction of sp³-hybridized carbons (Fsp3) is 0.812. The Labute approximate surface area is 290 Å². The number of carboxylic acids is 1. The zero-order valence-corrected chi connectivity index (χ0v) is 29.6. The van der Waals surface area contributed by atoms with Gasteiger partial charge in [-0.25, -0.2) is 4.79 Å². The largest absolute Gasteiger partial charge is 0.480 e. The Morgan fingerprint density at radius 3 is 1.31 bits per heavy atom. The molecular weight excluding hydrogens is 636 g/mol. The van der Waals surface area contributed by atoms with E-state index in [4.69, 9.17) is 28.7 Å². The van der Waals surface area contributed by atoms with E-state index < -0.39 is 77.7 Å². The van der Waals surface area contributed by atoms with Crippen molar-refractivity contribution >= 4 is 35.5 Å². The lowest BCUT2D eigenvalue weighted by Crippen LogP contribution is -2.60. The highest BCUT2D eigenvalue weighted by molar-refractivity contribution is 5.96. The number of amides is 5. The number of hydrogen-bond donors (Lipinski definition) is 11. The smallest absolute Gasteiger partial charge is 0.326 e. The van der Waals surface area contributed by atoms with E-state index in [0.717, 1.165) is 6.42 Å². The van der Waals surface area contributed by atoms with Crippen molar-refractivity contribution in [3.05, 3.63) is 0 Å². The van der Waals surface area contributed by atoms with Gasteiger partial charge in [-0.3, -0.25) is 24.0 Å². The summed E-state index contributed by atoms with van der Waals surface area (Å²) in [7, 11) is 0.